The molecule has 2 amide bonds. The molecule has 2 heterocycles. The van der Waals surface area contributed by atoms with Crippen molar-refractivity contribution < 1.29 is 14.3 Å². The molecule has 31 heavy (non-hydrogen) atoms. The summed E-state index contributed by atoms with van der Waals surface area (Å²) in [5.41, 5.74) is 3.85. The van der Waals surface area contributed by atoms with Gasteiger partial charge < -0.3 is 15.4 Å². The number of fused-ring (bicyclic) bond motifs is 1. The van der Waals surface area contributed by atoms with E-state index in [0.717, 1.165) is 39.6 Å². The lowest BCUT2D eigenvalue weighted by Crippen LogP contribution is -2.29. The van der Waals surface area contributed by atoms with Crippen molar-refractivity contribution in [2.24, 2.45) is 0 Å². The third-order valence-corrected chi connectivity index (χ3v) is 6.00. The van der Waals surface area contributed by atoms with Gasteiger partial charge in [-0.05, 0) is 23.3 Å². The van der Waals surface area contributed by atoms with Crippen LogP contribution in [-0.4, -0.2) is 28.7 Å². The Labute approximate surface area is 185 Å². The summed E-state index contributed by atoms with van der Waals surface area (Å²) in [7, 11) is 1.61. The van der Waals surface area contributed by atoms with Gasteiger partial charge in [0, 0.05) is 23.6 Å². The fourth-order valence-electron chi connectivity index (χ4n) is 3.41. The maximum absolute atomic E-state index is 12.7. The Morgan fingerprint density at radius 2 is 1.81 bits per heavy atom. The van der Waals surface area contributed by atoms with Crippen LogP contribution in [0.15, 0.2) is 54.6 Å². The van der Waals surface area contributed by atoms with Crippen LogP contribution in [0.5, 0.6) is 5.75 Å². The lowest BCUT2D eigenvalue weighted by atomic mass is 10.1. The molecule has 0 bridgehead atoms. The molecule has 0 saturated heterocycles. The van der Waals surface area contributed by atoms with Crippen LogP contribution in [0.2, 0.25) is 0 Å². The van der Waals surface area contributed by atoms with Gasteiger partial charge in [-0.2, -0.15) is 16.9 Å². The fourth-order valence-corrected chi connectivity index (χ4v) is 4.45. The number of carbonyl (C=O) groups is 2. The largest absolute Gasteiger partial charge is 0.497 e. The Kier molecular flexibility index (Phi) is 6.57. The number of thioether (sulfide) groups is 1. The van der Waals surface area contributed by atoms with E-state index >= 15 is 0 Å². The van der Waals surface area contributed by atoms with Crippen LogP contribution >= 0.6 is 11.8 Å². The number of nitrogens with one attached hydrogen (secondary N) is 2. The highest BCUT2D eigenvalue weighted by Gasteiger charge is 2.25. The Hall–Kier alpha value is -3.26. The first kappa shape index (κ1) is 21.0. The number of amides is 2. The first-order valence-electron chi connectivity index (χ1n) is 10.0. The molecule has 0 atom stereocenters. The summed E-state index contributed by atoms with van der Waals surface area (Å²) in [6.07, 6.45) is 0.233. The zero-order valence-electron chi connectivity index (χ0n) is 17.3. The molecule has 2 aromatic carbocycles. The maximum Gasteiger partial charge on any atom is 0.242 e. The summed E-state index contributed by atoms with van der Waals surface area (Å²) in [4.78, 5) is 25.2. The van der Waals surface area contributed by atoms with Crippen molar-refractivity contribution in [1.29, 1.82) is 0 Å². The number of carbonyl (C=O) groups excluding carboxylic acids is 2. The van der Waals surface area contributed by atoms with Crippen LogP contribution in [-0.2, 0) is 40.6 Å². The second kappa shape index (κ2) is 9.70. The summed E-state index contributed by atoms with van der Waals surface area (Å²) >= 11 is 1.75. The van der Waals surface area contributed by atoms with Crippen LogP contribution in [0.4, 0.5) is 5.82 Å². The molecule has 0 spiro atoms. The summed E-state index contributed by atoms with van der Waals surface area (Å²) in [5.74, 6) is 2.64. The van der Waals surface area contributed by atoms with Crippen molar-refractivity contribution in [2.45, 2.75) is 31.0 Å². The lowest BCUT2D eigenvalue weighted by molar-refractivity contribution is -0.122. The van der Waals surface area contributed by atoms with Crippen LogP contribution < -0.4 is 15.4 Å². The van der Waals surface area contributed by atoms with Gasteiger partial charge in [-0.25, -0.2) is 4.68 Å². The van der Waals surface area contributed by atoms with Gasteiger partial charge in [0.15, 0.2) is 0 Å². The molecule has 2 N–H and O–H groups in total. The van der Waals surface area contributed by atoms with Crippen molar-refractivity contribution in [3.05, 3.63) is 77.0 Å². The number of methoxy groups -OCH3 is 1. The fraction of sp³-hybridized carbons (Fsp3) is 0.261. The minimum absolute atomic E-state index is 0.0582. The number of hydrogen-bond acceptors (Lipinski definition) is 5. The van der Waals surface area contributed by atoms with Gasteiger partial charge in [0.1, 0.15) is 18.1 Å². The molecule has 3 aromatic rings. The normalized spacial score (nSPS) is 12.3. The smallest absolute Gasteiger partial charge is 0.242 e. The van der Waals surface area contributed by atoms with Gasteiger partial charge >= 0.3 is 0 Å². The summed E-state index contributed by atoms with van der Waals surface area (Å²) in [6, 6.07) is 17.1. The molecule has 1 aromatic heterocycles. The van der Waals surface area contributed by atoms with E-state index in [1.54, 1.807) is 23.6 Å². The highest BCUT2D eigenvalue weighted by atomic mass is 32.2. The van der Waals surface area contributed by atoms with Crippen LogP contribution in [0.3, 0.4) is 0 Å². The highest BCUT2D eigenvalue weighted by Crippen LogP contribution is 2.34. The molecule has 0 aliphatic carbocycles. The van der Waals surface area contributed by atoms with Crippen molar-refractivity contribution >= 4 is 29.4 Å². The average Bonchev–Trinajstić information content (AvgIpc) is 3.36. The number of rotatable bonds is 8. The molecule has 0 saturated carbocycles. The second-order valence-electron chi connectivity index (χ2n) is 7.26. The minimum atomic E-state index is -0.150. The van der Waals surface area contributed by atoms with E-state index in [1.165, 1.54) is 0 Å². The Morgan fingerprint density at radius 1 is 1.03 bits per heavy atom. The van der Waals surface area contributed by atoms with Gasteiger partial charge in [0.05, 0.1) is 19.2 Å². The molecule has 0 unspecified atom stereocenters. The van der Waals surface area contributed by atoms with Crippen molar-refractivity contribution in [3.8, 4) is 5.75 Å². The van der Waals surface area contributed by atoms with E-state index in [0.29, 0.717) is 12.4 Å². The second-order valence-corrected chi connectivity index (χ2v) is 8.25. The quantitative estimate of drug-likeness (QED) is 0.567. The first-order chi connectivity index (χ1) is 15.1. The molecule has 0 radical (unpaired) electrons. The zero-order valence-corrected chi connectivity index (χ0v) is 18.1. The van der Waals surface area contributed by atoms with E-state index in [-0.39, 0.29) is 24.8 Å². The van der Waals surface area contributed by atoms with Crippen molar-refractivity contribution in [3.63, 3.8) is 0 Å². The third-order valence-electron chi connectivity index (χ3n) is 5.03. The van der Waals surface area contributed by atoms with E-state index in [1.807, 2.05) is 54.6 Å². The number of aromatic nitrogens is 2. The van der Waals surface area contributed by atoms with E-state index < -0.39 is 0 Å². The SMILES string of the molecule is COc1ccc(CC(=O)Nc2c3c(nn2CC(=O)NCc2ccccc2)CSC3)cc1. The molecular weight excluding hydrogens is 412 g/mol. The molecule has 160 valence electrons. The number of nitrogens with zero attached hydrogens (tertiary/aromatic N) is 2. The first-order valence-corrected chi connectivity index (χ1v) is 11.2. The molecule has 4 rings (SSSR count). The van der Waals surface area contributed by atoms with Crippen molar-refractivity contribution in [1.82, 2.24) is 15.1 Å². The van der Waals surface area contributed by atoms with Crippen molar-refractivity contribution in [2.75, 3.05) is 12.4 Å². The topological polar surface area (TPSA) is 85.2 Å². The predicted molar refractivity (Wildman–Crippen MR) is 121 cm³/mol. The minimum Gasteiger partial charge on any atom is -0.497 e. The van der Waals surface area contributed by atoms with Gasteiger partial charge in [0.25, 0.3) is 0 Å². The number of hydrogen-bond donors (Lipinski definition) is 2. The summed E-state index contributed by atoms with van der Waals surface area (Å²) in [6.45, 7) is 0.512. The molecule has 8 heteroatoms. The predicted octanol–water partition coefficient (Wildman–Crippen LogP) is 3.14. The maximum atomic E-state index is 12.7. The van der Waals surface area contributed by atoms with Gasteiger partial charge in [-0.1, -0.05) is 42.5 Å². The van der Waals surface area contributed by atoms with Gasteiger partial charge in [-0.15, -0.1) is 0 Å². The van der Waals surface area contributed by atoms with Crippen LogP contribution in [0.25, 0.3) is 0 Å². The van der Waals surface area contributed by atoms with E-state index in [9.17, 15) is 9.59 Å². The molecule has 7 nitrogen and oxygen atoms in total. The zero-order chi connectivity index (χ0) is 21.6. The third kappa shape index (κ3) is 5.27. The molecule has 1 aliphatic rings. The molecular formula is C23H24N4O3S. The Morgan fingerprint density at radius 3 is 2.55 bits per heavy atom. The summed E-state index contributed by atoms with van der Waals surface area (Å²) in [5, 5.41) is 10.5. The average molecular weight is 437 g/mol. The van der Waals surface area contributed by atoms with E-state index in [2.05, 4.69) is 15.7 Å². The number of ether oxygens (including phenoxy) is 1. The molecule has 0 fully saturated rings. The standard InChI is InChI=1S/C23H24N4O3S/c1-30-18-9-7-16(8-10-18)11-21(28)25-23-19-14-31-15-20(19)26-27(23)13-22(29)24-12-17-5-3-2-4-6-17/h2-10H,11-15H2,1H3,(H,24,29)(H,25,28). The van der Waals surface area contributed by atoms with Crippen LogP contribution in [0, 0.1) is 0 Å². The van der Waals surface area contributed by atoms with Crippen LogP contribution in [0.1, 0.15) is 22.4 Å². The highest BCUT2D eigenvalue weighted by molar-refractivity contribution is 7.98. The lowest BCUT2D eigenvalue weighted by Gasteiger charge is -2.12. The molecule has 1 aliphatic heterocycles. The monoisotopic (exact) mass is 436 g/mol. The summed E-state index contributed by atoms with van der Waals surface area (Å²) < 4.78 is 6.77. The van der Waals surface area contributed by atoms with Gasteiger partial charge in [0.2, 0.25) is 11.8 Å². The number of benzene rings is 2. The van der Waals surface area contributed by atoms with E-state index in [4.69, 9.17) is 4.74 Å². The van der Waals surface area contributed by atoms with Gasteiger partial charge in [-0.3, -0.25) is 9.59 Å². The Bertz CT molecular complexity index is 1060. The number of anilines is 1. The Balaban J connectivity index is 1.42.